The molecule has 7 nitrogen and oxygen atoms in total. The van der Waals surface area contributed by atoms with Crippen LogP contribution in [0.4, 0.5) is 0 Å². The molecular weight excluding hydrogens is 322 g/mol. The van der Waals surface area contributed by atoms with Gasteiger partial charge in [-0.15, -0.1) is 0 Å². The van der Waals surface area contributed by atoms with Gasteiger partial charge in [-0.2, -0.15) is 0 Å². The van der Waals surface area contributed by atoms with Crippen LogP contribution in [0.1, 0.15) is 29.6 Å². The van der Waals surface area contributed by atoms with Gasteiger partial charge in [0.1, 0.15) is 0 Å². The minimum atomic E-state index is -0.921. The third kappa shape index (κ3) is 3.51. The third-order valence-electron chi connectivity index (χ3n) is 5.11. The molecule has 2 aliphatic rings. The zero-order valence-electron chi connectivity index (χ0n) is 14.0. The van der Waals surface area contributed by atoms with Crippen molar-refractivity contribution in [2.75, 3.05) is 26.2 Å². The molecule has 25 heavy (non-hydrogen) atoms. The number of carbonyl (C=O) groups excluding carboxylic acids is 3. The van der Waals surface area contributed by atoms with E-state index in [2.05, 4.69) is 10.6 Å². The van der Waals surface area contributed by atoms with E-state index in [4.69, 9.17) is 0 Å². The van der Waals surface area contributed by atoms with Crippen molar-refractivity contribution < 1.29 is 19.5 Å². The van der Waals surface area contributed by atoms with E-state index in [0.717, 1.165) is 6.42 Å². The van der Waals surface area contributed by atoms with Crippen molar-refractivity contribution >= 4 is 17.7 Å². The molecule has 3 amide bonds. The smallest absolute Gasteiger partial charge is 0.251 e. The fraction of sp³-hybridized carbons (Fsp3) is 0.500. The fourth-order valence-corrected chi connectivity index (χ4v) is 3.62. The summed E-state index contributed by atoms with van der Waals surface area (Å²) in [6.45, 7) is 1.06. The Morgan fingerprint density at radius 2 is 2.08 bits per heavy atom. The van der Waals surface area contributed by atoms with Crippen LogP contribution in [0.25, 0.3) is 0 Å². The van der Waals surface area contributed by atoms with E-state index >= 15 is 0 Å². The van der Waals surface area contributed by atoms with E-state index in [9.17, 15) is 19.5 Å². The van der Waals surface area contributed by atoms with Crippen molar-refractivity contribution in [1.29, 1.82) is 0 Å². The number of aliphatic hydroxyl groups is 1. The second kappa shape index (κ2) is 7.23. The van der Waals surface area contributed by atoms with E-state index in [1.54, 1.807) is 29.2 Å². The number of carbonyl (C=O) groups is 3. The predicted octanol–water partition coefficient (Wildman–Crippen LogP) is -0.0940. The van der Waals surface area contributed by atoms with Crippen LogP contribution in [0.15, 0.2) is 30.3 Å². The summed E-state index contributed by atoms with van der Waals surface area (Å²) in [4.78, 5) is 38.4. The molecule has 7 heteroatoms. The maximum Gasteiger partial charge on any atom is 0.251 e. The van der Waals surface area contributed by atoms with E-state index in [1.165, 1.54) is 0 Å². The third-order valence-corrected chi connectivity index (χ3v) is 5.11. The Kier molecular flexibility index (Phi) is 5.03. The van der Waals surface area contributed by atoms with Crippen LogP contribution in [0.2, 0.25) is 0 Å². The van der Waals surface area contributed by atoms with E-state index in [0.29, 0.717) is 31.5 Å². The molecule has 0 bridgehead atoms. The molecule has 0 unspecified atom stereocenters. The minimum absolute atomic E-state index is 0.123. The second-order valence-electron chi connectivity index (χ2n) is 6.68. The van der Waals surface area contributed by atoms with Crippen molar-refractivity contribution in [1.82, 2.24) is 15.5 Å². The molecule has 134 valence electrons. The topological polar surface area (TPSA) is 98.7 Å². The summed E-state index contributed by atoms with van der Waals surface area (Å²) < 4.78 is 0. The predicted molar refractivity (Wildman–Crippen MR) is 90.7 cm³/mol. The first kappa shape index (κ1) is 17.4. The molecule has 0 saturated carbocycles. The average Bonchev–Trinajstić information content (AvgIpc) is 2.64. The van der Waals surface area contributed by atoms with Gasteiger partial charge in [-0.25, -0.2) is 0 Å². The molecule has 0 aromatic heterocycles. The highest BCUT2D eigenvalue weighted by Crippen LogP contribution is 2.37. The van der Waals surface area contributed by atoms with Crippen molar-refractivity contribution in [3.8, 4) is 0 Å². The molecule has 2 heterocycles. The van der Waals surface area contributed by atoms with Gasteiger partial charge in [0.15, 0.2) is 0 Å². The quantitative estimate of drug-likeness (QED) is 0.713. The van der Waals surface area contributed by atoms with Crippen LogP contribution in [-0.2, 0) is 9.59 Å². The Morgan fingerprint density at radius 1 is 1.32 bits per heavy atom. The first-order valence-electron chi connectivity index (χ1n) is 8.60. The number of hydrogen-bond acceptors (Lipinski definition) is 4. The normalized spacial score (nSPS) is 26.2. The van der Waals surface area contributed by atoms with Crippen LogP contribution in [0.3, 0.4) is 0 Å². The number of hydrogen-bond donors (Lipinski definition) is 3. The van der Waals surface area contributed by atoms with E-state index in [1.807, 2.05) is 6.07 Å². The lowest BCUT2D eigenvalue weighted by Crippen LogP contribution is -2.62. The maximum absolute atomic E-state index is 12.5. The highest BCUT2D eigenvalue weighted by Gasteiger charge is 2.50. The second-order valence-corrected chi connectivity index (χ2v) is 6.68. The van der Waals surface area contributed by atoms with Gasteiger partial charge in [-0.05, 0) is 31.4 Å². The summed E-state index contributed by atoms with van der Waals surface area (Å²) in [5.74, 6) is -0.734. The largest absolute Gasteiger partial charge is 0.392 e. The van der Waals surface area contributed by atoms with Gasteiger partial charge < -0.3 is 20.6 Å². The molecule has 1 spiro atoms. The van der Waals surface area contributed by atoms with Gasteiger partial charge >= 0.3 is 0 Å². The SMILES string of the molecule is O=C(NCC(=O)N1CC[C@@H](O)[C@@]2(CCCNC2=O)C1)c1ccccc1. The molecule has 2 aliphatic heterocycles. The fourth-order valence-electron chi connectivity index (χ4n) is 3.62. The lowest BCUT2D eigenvalue weighted by molar-refractivity contribution is -0.154. The Bertz CT molecular complexity index is 664. The summed E-state index contributed by atoms with van der Waals surface area (Å²) in [6, 6.07) is 8.69. The van der Waals surface area contributed by atoms with Gasteiger partial charge in [0.2, 0.25) is 11.8 Å². The molecule has 3 rings (SSSR count). The first-order valence-corrected chi connectivity index (χ1v) is 8.60. The van der Waals surface area contributed by atoms with Crippen molar-refractivity contribution in [2.45, 2.75) is 25.4 Å². The standard InChI is InChI=1S/C18H23N3O4/c22-14-7-10-21(12-18(14)8-4-9-19-17(18)25)15(23)11-20-16(24)13-5-2-1-3-6-13/h1-3,5-6,14,22H,4,7-12H2,(H,19,25)(H,20,24)/t14-,18-/m1/s1. The van der Waals surface area contributed by atoms with Crippen LogP contribution in [0, 0.1) is 5.41 Å². The van der Waals surface area contributed by atoms with Gasteiger partial charge in [0, 0.05) is 25.2 Å². The van der Waals surface area contributed by atoms with E-state index in [-0.39, 0.29) is 30.8 Å². The molecule has 3 N–H and O–H groups in total. The number of aliphatic hydroxyl groups excluding tert-OH is 1. The Morgan fingerprint density at radius 3 is 2.80 bits per heavy atom. The van der Waals surface area contributed by atoms with Crippen LogP contribution >= 0.6 is 0 Å². The van der Waals surface area contributed by atoms with Gasteiger partial charge in [0.05, 0.1) is 18.1 Å². The monoisotopic (exact) mass is 345 g/mol. The minimum Gasteiger partial charge on any atom is -0.392 e. The summed E-state index contributed by atoms with van der Waals surface area (Å²) in [5.41, 5.74) is -0.428. The molecule has 0 aliphatic carbocycles. The number of benzene rings is 1. The summed E-state index contributed by atoms with van der Waals surface area (Å²) in [7, 11) is 0. The van der Waals surface area contributed by atoms with Gasteiger partial charge in [-0.3, -0.25) is 14.4 Å². The molecule has 0 radical (unpaired) electrons. The average molecular weight is 345 g/mol. The lowest BCUT2D eigenvalue weighted by atomic mass is 9.71. The maximum atomic E-state index is 12.5. The lowest BCUT2D eigenvalue weighted by Gasteiger charge is -2.46. The zero-order valence-corrected chi connectivity index (χ0v) is 14.0. The molecule has 2 atom stereocenters. The van der Waals surface area contributed by atoms with E-state index < -0.39 is 11.5 Å². The highest BCUT2D eigenvalue weighted by atomic mass is 16.3. The van der Waals surface area contributed by atoms with Gasteiger partial charge in [0.25, 0.3) is 5.91 Å². The number of likely N-dealkylation sites (tertiary alicyclic amines) is 1. The number of piperidine rings is 2. The number of amides is 3. The van der Waals surface area contributed by atoms with Crippen molar-refractivity contribution in [2.24, 2.45) is 5.41 Å². The molecular formula is C18H23N3O4. The summed E-state index contributed by atoms with van der Waals surface area (Å²) in [5, 5.41) is 15.8. The Labute approximate surface area is 146 Å². The molecule has 2 saturated heterocycles. The number of rotatable bonds is 3. The first-order chi connectivity index (χ1) is 12.0. The van der Waals surface area contributed by atoms with Crippen LogP contribution < -0.4 is 10.6 Å². The van der Waals surface area contributed by atoms with Crippen molar-refractivity contribution in [3.63, 3.8) is 0 Å². The molecule has 1 aromatic carbocycles. The van der Waals surface area contributed by atoms with Crippen molar-refractivity contribution in [3.05, 3.63) is 35.9 Å². The molecule has 1 aromatic rings. The summed E-state index contributed by atoms with van der Waals surface area (Å²) >= 11 is 0. The highest BCUT2D eigenvalue weighted by molar-refractivity contribution is 5.96. The number of nitrogens with one attached hydrogen (secondary N) is 2. The molecule has 2 fully saturated rings. The number of nitrogens with zero attached hydrogens (tertiary/aromatic N) is 1. The summed E-state index contributed by atoms with van der Waals surface area (Å²) in [6.07, 6.45) is 0.984. The van der Waals surface area contributed by atoms with Gasteiger partial charge in [-0.1, -0.05) is 18.2 Å². The van der Waals surface area contributed by atoms with Crippen LogP contribution in [-0.4, -0.2) is 60.0 Å². The zero-order chi connectivity index (χ0) is 17.9. The van der Waals surface area contributed by atoms with Crippen LogP contribution in [0.5, 0.6) is 0 Å². The Balaban J connectivity index is 1.61. The Hall–Kier alpha value is -2.41.